The summed E-state index contributed by atoms with van der Waals surface area (Å²) < 4.78 is 68.5. The molecule has 0 aliphatic carbocycles. The van der Waals surface area contributed by atoms with Crippen LogP contribution >= 0.6 is 15.6 Å². The fourth-order valence-corrected chi connectivity index (χ4v) is 12.9. The van der Waals surface area contributed by atoms with Crippen LogP contribution in [0.4, 0.5) is 0 Å². The number of carbonyl (C=O) groups is 4. The second-order valence-electron chi connectivity index (χ2n) is 27.5. The van der Waals surface area contributed by atoms with Crippen molar-refractivity contribution < 1.29 is 80.2 Å². The van der Waals surface area contributed by atoms with Crippen molar-refractivity contribution in [2.24, 2.45) is 5.92 Å². The van der Waals surface area contributed by atoms with Gasteiger partial charge in [-0.05, 0) is 57.3 Å². The van der Waals surface area contributed by atoms with Crippen LogP contribution < -0.4 is 0 Å². The Labute approximate surface area is 586 Å². The first kappa shape index (κ1) is 93.5. The highest BCUT2D eigenvalue weighted by Gasteiger charge is 2.30. The van der Waals surface area contributed by atoms with Gasteiger partial charge in [0.1, 0.15) is 19.3 Å². The number of esters is 4. The molecule has 0 aliphatic heterocycles. The van der Waals surface area contributed by atoms with E-state index in [-0.39, 0.29) is 25.7 Å². The molecule has 0 rings (SSSR count). The Kier molecular flexibility index (Phi) is 67.8. The summed E-state index contributed by atoms with van der Waals surface area (Å²) in [4.78, 5) is 72.8. The van der Waals surface area contributed by atoms with E-state index in [1.807, 2.05) is 0 Å². The lowest BCUT2D eigenvalue weighted by Crippen LogP contribution is -2.30. The van der Waals surface area contributed by atoms with E-state index < -0.39 is 97.5 Å². The van der Waals surface area contributed by atoms with Crippen LogP contribution in [-0.4, -0.2) is 96.7 Å². The molecule has 0 aliphatic rings. The average molecular weight is 1410 g/mol. The van der Waals surface area contributed by atoms with Gasteiger partial charge in [0.2, 0.25) is 0 Å². The third-order valence-electron chi connectivity index (χ3n) is 17.4. The standard InChI is InChI=1S/C77H146O17P2/c1-6-9-12-15-18-21-24-26-28-32-36-41-46-51-56-61-75(80)88-67-73(94-77(82)63-58-53-48-43-38-34-30-31-35-39-44-49-54-59-70(4)5)69-92-96(85,86)90-65-71(78)64-89-95(83,84)91-68-72(66-87-74(79)60-55-50-45-40-23-20-17-14-11-8-3)93-76(81)62-57-52-47-42-37-33-29-27-25-22-19-16-13-10-7-2/h21,24,26,28,70-73,78H,6-20,22-23,25,27,29-69H2,1-5H3,(H,83,84)(H,85,86)/b24-21-,28-26-/t71-,72+,73+/m0/s1. The number of allylic oxidation sites excluding steroid dienone is 4. The molecule has 0 bridgehead atoms. The molecule has 0 heterocycles. The summed E-state index contributed by atoms with van der Waals surface area (Å²) in [7, 11) is -9.92. The number of hydrogen-bond donors (Lipinski definition) is 3. The maximum absolute atomic E-state index is 13.1. The van der Waals surface area contributed by atoms with E-state index in [0.29, 0.717) is 25.7 Å². The van der Waals surface area contributed by atoms with Gasteiger partial charge in [-0.3, -0.25) is 37.3 Å². The number of ether oxygens (including phenoxy) is 4. The van der Waals surface area contributed by atoms with Gasteiger partial charge in [-0.2, -0.15) is 0 Å². The van der Waals surface area contributed by atoms with Gasteiger partial charge in [0.15, 0.2) is 12.2 Å². The quantitative estimate of drug-likeness (QED) is 0.0169. The lowest BCUT2D eigenvalue weighted by molar-refractivity contribution is -0.161. The lowest BCUT2D eigenvalue weighted by atomic mass is 10.0. The number of hydrogen-bond acceptors (Lipinski definition) is 15. The number of unbranched alkanes of at least 4 members (excludes halogenated alkanes) is 44. The van der Waals surface area contributed by atoms with E-state index in [2.05, 4.69) is 58.9 Å². The van der Waals surface area contributed by atoms with Crippen LogP contribution in [0.2, 0.25) is 0 Å². The second-order valence-corrected chi connectivity index (χ2v) is 30.4. The maximum atomic E-state index is 13.1. The van der Waals surface area contributed by atoms with Crippen LogP contribution in [0.1, 0.15) is 381 Å². The van der Waals surface area contributed by atoms with Gasteiger partial charge < -0.3 is 33.8 Å². The van der Waals surface area contributed by atoms with Crippen molar-refractivity contribution >= 4 is 39.5 Å². The fourth-order valence-electron chi connectivity index (χ4n) is 11.3. The molecule has 19 heteroatoms. The third-order valence-corrected chi connectivity index (χ3v) is 19.3. The molecular weight excluding hydrogens is 1260 g/mol. The third kappa shape index (κ3) is 70.0. The second kappa shape index (κ2) is 69.6. The molecule has 96 heavy (non-hydrogen) atoms. The zero-order valence-corrected chi connectivity index (χ0v) is 63.8. The van der Waals surface area contributed by atoms with Crippen LogP contribution in [0, 0.1) is 5.92 Å². The number of rotatable bonds is 75. The van der Waals surface area contributed by atoms with Crippen molar-refractivity contribution in [3.8, 4) is 0 Å². The average Bonchev–Trinajstić information content (AvgIpc) is 1.78. The summed E-state index contributed by atoms with van der Waals surface area (Å²) in [6.07, 6.45) is 61.7. The van der Waals surface area contributed by atoms with E-state index in [0.717, 1.165) is 115 Å². The Bertz CT molecular complexity index is 1930. The number of carbonyl (C=O) groups excluding carboxylic acids is 4. The molecule has 17 nitrogen and oxygen atoms in total. The van der Waals surface area contributed by atoms with Crippen LogP contribution in [0.25, 0.3) is 0 Å². The van der Waals surface area contributed by atoms with Crippen molar-refractivity contribution in [3.63, 3.8) is 0 Å². The summed E-state index contributed by atoms with van der Waals surface area (Å²) in [6, 6.07) is 0. The van der Waals surface area contributed by atoms with Gasteiger partial charge in [-0.15, -0.1) is 0 Å². The molecule has 0 aromatic rings. The molecule has 0 saturated carbocycles. The molecule has 2 unspecified atom stereocenters. The number of phosphoric ester groups is 2. The van der Waals surface area contributed by atoms with Crippen molar-refractivity contribution in [1.82, 2.24) is 0 Å². The summed E-state index contributed by atoms with van der Waals surface area (Å²) in [6.45, 7) is 7.25. The highest BCUT2D eigenvalue weighted by molar-refractivity contribution is 7.47. The molecule has 0 amide bonds. The summed E-state index contributed by atoms with van der Waals surface area (Å²) >= 11 is 0. The van der Waals surface area contributed by atoms with E-state index in [9.17, 15) is 43.2 Å². The van der Waals surface area contributed by atoms with E-state index in [1.165, 1.54) is 186 Å². The number of phosphoric acid groups is 2. The SMILES string of the molecule is CCCCCC/C=C\C=C/CCCCCCCC(=O)OC[C@H](COP(=O)(O)OC[C@@H](O)COP(=O)(O)OC[C@@H](COC(=O)CCCCCCCCCCCC)OC(=O)CCCCCCCCCCCCCCCCC)OC(=O)CCCCCCCCCCCCCCCC(C)C. The topological polar surface area (TPSA) is 237 Å². The van der Waals surface area contributed by atoms with E-state index in [1.54, 1.807) is 0 Å². The van der Waals surface area contributed by atoms with Crippen LogP contribution in [-0.2, 0) is 65.4 Å². The van der Waals surface area contributed by atoms with Crippen LogP contribution in [0.15, 0.2) is 24.3 Å². The summed E-state index contributed by atoms with van der Waals surface area (Å²) in [5.41, 5.74) is 0. The Morgan fingerprint density at radius 2 is 0.562 bits per heavy atom. The monoisotopic (exact) mass is 1410 g/mol. The summed E-state index contributed by atoms with van der Waals surface area (Å²) in [5.74, 6) is -1.36. The predicted molar refractivity (Wildman–Crippen MR) is 391 cm³/mol. The van der Waals surface area contributed by atoms with Crippen LogP contribution in [0.5, 0.6) is 0 Å². The Morgan fingerprint density at radius 1 is 0.323 bits per heavy atom. The minimum absolute atomic E-state index is 0.101. The molecular formula is C77H146O17P2. The first-order valence-corrected chi connectivity index (χ1v) is 42.4. The molecule has 0 radical (unpaired) electrons. The normalized spacial score (nSPS) is 14.1. The lowest BCUT2D eigenvalue weighted by Gasteiger charge is -2.21. The zero-order chi connectivity index (χ0) is 70.5. The largest absolute Gasteiger partial charge is 0.472 e. The van der Waals surface area contributed by atoms with Crippen LogP contribution in [0.3, 0.4) is 0 Å². The van der Waals surface area contributed by atoms with Crippen molar-refractivity contribution in [1.29, 1.82) is 0 Å². The molecule has 0 saturated heterocycles. The fraction of sp³-hybridized carbons (Fsp3) is 0.896. The van der Waals surface area contributed by atoms with Gasteiger partial charge in [0.25, 0.3) is 0 Å². The smallest absolute Gasteiger partial charge is 0.462 e. The molecule has 566 valence electrons. The van der Waals surface area contributed by atoms with Gasteiger partial charge in [-0.25, -0.2) is 9.13 Å². The highest BCUT2D eigenvalue weighted by Crippen LogP contribution is 2.45. The first-order valence-electron chi connectivity index (χ1n) is 39.5. The van der Waals surface area contributed by atoms with Gasteiger partial charge >= 0.3 is 39.5 Å². The number of aliphatic hydroxyl groups is 1. The van der Waals surface area contributed by atoms with Crippen molar-refractivity contribution in [2.45, 2.75) is 400 Å². The van der Waals surface area contributed by atoms with Crippen molar-refractivity contribution in [2.75, 3.05) is 39.6 Å². The van der Waals surface area contributed by atoms with E-state index >= 15 is 0 Å². The molecule has 3 N–H and O–H groups in total. The highest BCUT2D eigenvalue weighted by atomic mass is 31.2. The van der Waals surface area contributed by atoms with Gasteiger partial charge in [-0.1, -0.05) is 329 Å². The minimum atomic E-state index is -4.96. The molecule has 0 aromatic heterocycles. The maximum Gasteiger partial charge on any atom is 0.472 e. The molecule has 0 aromatic carbocycles. The number of aliphatic hydroxyl groups excluding tert-OH is 1. The van der Waals surface area contributed by atoms with E-state index in [4.69, 9.17) is 37.0 Å². The molecule has 5 atom stereocenters. The Balaban J connectivity index is 5.28. The Morgan fingerprint density at radius 3 is 0.854 bits per heavy atom. The van der Waals surface area contributed by atoms with Gasteiger partial charge in [0, 0.05) is 25.7 Å². The predicted octanol–water partition coefficient (Wildman–Crippen LogP) is 22.4. The first-order chi connectivity index (χ1) is 46.5. The van der Waals surface area contributed by atoms with Gasteiger partial charge in [0.05, 0.1) is 26.4 Å². The van der Waals surface area contributed by atoms with Crippen molar-refractivity contribution in [3.05, 3.63) is 24.3 Å². The molecule has 0 spiro atoms. The zero-order valence-electron chi connectivity index (χ0n) is 62.0. The minimum Gasteiger partial charge on any atom is -0.462 e. The Hall–Kier alpha value is -2.46. The summed E-state index contributed by atoms with van der Waals surface area (Å²) in [5, 5.41) is 10.6. The molecule has 0 fully saturated rings.